The Labute approximate surface area is 159 Å². The molecule has 1 saturated carbocycles. The van der Waals surface area contributed by atoms with Gasteiger partial charge in [-0.1, -0.05) is 6.07 Å². The first-order valence-electron chi connectivity index (χ1n) is 9.18. The molecule has 1 aromatic carbocycles. The van der Waals surface area contributed by atoms with E-state index in [-0.39, 0.29) is 29.8 Å². The lowest BCUT2D eigenvalue weighted by atomic mass is 9.74. The van der Waals surface area contributed by atoms with E-state index in [2.05, 4.69) is 16.0 Å². The highest BCUT2D eigenvalue weighted by atomic mass is 32.1. The molecule has 1 heterocycles. The van der Waals surface area contributed by atoms with Crippen molar-refractivity contribution in [1.82, 2.24) is 10.6 Å². The van der Waals surface area contributed by atoms with E-state index in [1.54, 1.807) is 19.2 Å². The van der Waals surface area contributed by atoms with Gasteiger partial charge in [-0.2, -0.15) is 0 Å². The molecule has 26 heavy (non-hydrogen) atoms. The molecule has 7 heteroatoms. The number of amides is 1. The molecule has 4 atom stereocenters. The largest absolute Gasteiger partial charge is 0.381 e. The van der Waals surface area contributed by atoms with Gasteiger partial charge in [0, 0.05) is 31.3 Å². The summed E-state index contributed by atoms with van der Waals surface area (Å²) in [5.74, 6) is 0.379. The van der Waals surface area contributed by atoms with Gasteiger partial charge in [0.25, 0.3) is 0 Å². The van der Waals surface area contributed by atoms with Crippen molar-refractivity contribution in [3.05, 3.63) is 30.1 Å². The van der Waals surface area contributed by atoms with E-state index in [9.17, 15) is 9.18 Å². The zero-order valence-electron chi connectivity index (χ0n) is 15.0. The third-order valence-corrected chi connectivity index (χ3v) is 5.67. The Balaban J connectivity index is 1.42. The molecule has 142 valence electrons. The first kappa shape index (κ1) is 19.0. The number of halogens is 1. The van der Waals surface area contributed by atoms with Gasteiger partial charge in [0.15, 0.2) is 5.11 Å². The molecule has 1 amide bonds. The maximum Gasteiger partial charge on any atom is 0.223 e. The number of hydrogen-bond donors (Lipinski definition) is 3. The van der Waals surface area contributed by atoms with Gasteiger partial charge in [0.05, 0.1) is 6.10 Å². The fourth-order valence-electron chi connectivity index (χ4n) is 3.99. The van der Waals surface area contributed by atoms with E-state index in [4.69, 9.17) is 17.0 Å². The molecule has 2 aliphatic rings. The summed E-state index contributed by atoms with van der Waals surface area (Å²) in [5.41, 5.74) is 0.607. The van der Waals surface area contributed by atoms with Crippen LogP contribution < -0.4 is 16.0 Å². The number of hydrogen-bond acceptors (Lipinski definition) is 3. The van der Waals surface area contributed by atoms with Gasteiger partial charge in [-0.15, -0.1) is 0 Å². The van der Waals surface area contributed by atoms with Crippen molar-refractivity contribution in [3.63, 3.8) is 0 Å². The number of thiocarbonyl (C=S) groups is 1. The lowest BCUT2D eigenvalue weighted by Gasteiger charge is -2.41. The van der Waals surface area contributed by atoms with Gasteiger partial charge in [-0.05, 0) is 68.4 Å². The van der Waals surface area contributed by atoms with Gasteiger partial charge >= 0.3 is 0 Å². The topological polar surface area (TPSA) is 62.4 Å². The molecular formula is C19H26FN3O2S. The Morgan fingerprint density at radius 2 is 2.23 bits per heavy atom. The number of nitrogens with one attached hydrogen (secondary N) is 3. The van der Waals surface area contributed by atoms with E-state index < -0.39 is 0 Å². The first-order valence-corrected chi connectivity index (χ1v) is 9.59. The maximum absolute atomic E-state index is 13.2. The number of anilines is 1. The predicted molar refractivity (Wildman–Crippen MR) is 103 cm³/mol. The van der Waals surface area contributed by atoms with Crippen LogP contribution in [0.3, 0.4) is 0 Å². The lowest BCUT2D eigenvalue weighted by molar-refractivity contribution is -0.131. The normalized spacial score (nSPS) is 28.0. The zero-order chi connectivity index (χ0) is 18.5. The van der Waals surface area contributed by atoms with Gasteiger partial charge < -0.3 is 20.7 Å². The highest BCUT2D eigenvalue weighted by Crippen LogP contribution is 2.35. The van der Waals surface area contributed by atoms with Crippen molar-refractivity contribution in [2.24, 2.45) is 11.8 Å². The van der Waals surface area contributed by atoms with Gasteiger partial charge in [-0.3, -0.25) is 4.79 Å². The third-order valence-electron chi connectivity index (χ3n) is 5.43. The third kappa shape index (κ3) is 4.92. The molecular weight excluding hydrogens is 353 g/mol. The second-order valence-electron chi connectivity index (χ2n) is 7.16. The Kier molecular flexibility index (Phi) is 6.43. The van der Waals surface area contributed by atoms with Gasteiger partial charge in [0.1, 0.15) is 5.82 Å². The summed E-state index contributed by atoms with van der Waals surface area (Å²) in [6.07, 6.45) is 5.01. The zero-order valence-corrected chi connectivity index (χ0v) is 15.8. The number of carbonyl (C=O) groups is 1. The van der Waals surface area contributed by atoms with E-state index >= 15 is 0 Å². The molecule has 1 aliphatic heterocycles. The molecule has 1 saturated heterocycles. The average Bonchev–Trinajstić information content (AvgIpc) is 2.61. The van der Waals surface area contributed by atoms with E-state index in [1.807, 2.05) is 0 Å². The number of carbonyl (C=O) groups excluding carboxylic acids is 1. The van der Waals surface area contributed by atoms with Crippen molar-refractivity contribution in [2.45, 2.75) is 44.2 Å². The number of piperidine rings is 1. The Hall–Kier alpha value is -1.73. The highest BCUT2D eigenvalue weighted by molar-refractivity contribution is 7.80. The van der Waals surface area contributed by atoms with Crippen LogP contribution in [0.25, 0.3) is 0 Å². The molecule has 0 spiro atoms. The highest BCUT2D eigenvalue weighted by Gasteiger charge is 2.39. The van der Waals surface area contributed by atoms with Gasteiger partial charge in [-0.25, -0.2) is 4.39 Å². The standard InChI is InChI=1S/C19H26FN3O2S/c1-25-16-6-5-12-9-13(18(24)23-17(12)11-16)7-8-21-19(26)22-15-4-2-3-14(20)10-15/h2-4,10,12-13,16-17H,5-9,11H2,1H3,(H,23,24)(H2,21,22,26). The SMILES string of the molecule is COC1CCC2CC(CCNC(=S)Nc3cccc(F)c3)C(=O)NC2C1. The Morgan fingerprint density at radius 1 is 1.38 bits per heavy atom. The van der Waals surface area contributed by atoms with E-state index in [0.717, 1.165) is 32.1 Å². The summed E-state index contributed by atoms with van der Waals surface area (Å²) in [7, 11) is 1.74. The molecule has 3 rings (SSSR count). The van der Waals surface area contributed by atoms with Crippen LogP contribution in [0.15, 0.2) is 24.3 Å². The first-order chi connectivity index (χ1) is 12.5. The van der Waals surface area contributed by atoms with Crippen LogP contribution in [0.1, 0.15) is 32.1 Å². The van der Waals surface area contributed by atoms with E-state index in [0.29, 0.717) is 23.3 Å². The molecule has 0 bridgehead atoms. The Morgan fingerprint density at radius 3 is 3.00 bits per heavy atom. The molecule has 2 fully saturated rings. The molecule has 0 aromatic heterocycles. The number of fused-ring (bicyclic) bond motifs is 1. The minimum atomic E-state index is -0.311. The molecule has 3 N–H and O–H groups in total. The number of ether oxygens (including phenoxy) is 1. The van der Waals surface area contributed by atoms with E-state index in [1.165, 1.54) is 12.1 Å². The minimum Gasteiger partial charge on any atom is -0.381 e. The fourth-order valence-corrected chi connectivity index (χ4v) is 4.21. The maximum atomic E-state index is 13.2. The summed E-state index contributed by atoms with van der Waals surface area (Å²) in [6, 6.07) is 6.40. The lowest BCUT2D eigenvalue weighted by Crippen LogP contribution is -2.53. The Bertz CT molecular complexity index is 657. The van der Waals surface area contributed by atoms with Crippen molar-refractivity contribution in [1.29, 1.82) is 0 Å². The quantitative estimate of drug-likeness (QED) is 0.687. The van der Waals surface area contributed by atoms with Crippen LogP contribution in [0.4, 0.5) is 10.1 Å². The number of rotatable bonds is 5. The minimum absolute atomic E-state index is 0.0137. The molecule has 4 unspecified atom stereocenters. The summed E-state index contributed by atoms with van der Waals surface area (Å²) in [6.45, 7) is 0.608. The average molecular weight is 380 g/mol. The molecule has 1 aromatic rings. The predicted octanol–water partition coefficient (Wildman–Crippen LogP) is 2.82. The second-order valence-corrected chi connectivity index (χ2v) is 7.57. The summed E-state index contributed by atoms with van der Waals surface area (Å²) in [4.78, 5) is 12.4. The smallest absolute Gasteiger partial charge is 0.223 e. The van der Waals surface area contributed by atoms with Crippen molar-refractivity contribution < 1.29 is 13.9 Å². The monoisotopic (exact) mass is 379 g/mol. The fraction of sp³-hybridized carbons (Fsp3) is 0.579. The summed E-state index contributed by atoms with van der Waals surface area (Å²) in [5, 5.41) is 9.67. The van der Waals surface area contributed by atoms with Crippen molar-refractivity contribution in [2.75, 3.05) is 19.0 Å². The van der Waals surface area contributed by atoms with Gasteiger partial charge in [0.2, 0.25) is 5.91 Å². The molecule has 1 aliphatic carbocycles. The number of benzene rings is 1. The van der Waals surface area contributed by atoms with Crippen LogP contribution in [-0.4, -0.2) is 36.8 Å². The van der Waals surface area contributed by atoms with Crippen molar-refractivity contribution in [3.8, 4) is 0 Å². The van der Waals surface area contributed by atoms with Crippen LogP contribution in [-0.2, 0) is 9.53 Å². The van der Waals surface area contributed by atoms with Crippen LogP contribution in [0.5, 0.6) is 0 Å². The van der Waals surface area contributed by atoms with Crippen molar-refractivity contribution >= 4 is 28.9 Å². The van der Waals surface area contributed by atoms with Crippen LogP contribution in [0.2, 0.25) is 0 Å². The summed E-state index contributed by atoms with van der Waals surface area (Å²) < 4.78 is 18.6. The molecule has 0 radical (unpaired) electrons. The molecule has 5 nitrogen and oxygen atoms in total. The van der Waals surface area contributed by atoms with Crippen LogP contribution >= 0.6 is 12.2 Å². The summed E-state index contributed by atoms with van der Waals surface area (Å²) >= 11 is 5.24. The van der Waals surface area contributed by atoms with Crippen LogP contribution in [0, 0.1) is 17.7 Å². The number of methoxy groups -OCH3 is 1. The second kappa shape index (κ2) is 8.77.